The van der Waals surface area contributed by atoms with E-state index in [-0.39, 0.29) is 17.4 Å². The Kier molecular flexibility index (Phi) is 8.83. The second-order valence-electron chi connectivity index (χ2n) is 11.6. The van der Waals surface area contributed by atoms with Crippen molar-refractivity contribution in [2.24, 2.45) is 0 Å². The molecule has 0 spiro atoms. The van der Waals surface area contributed by atoms with Crippen molar-refractivity contribution >= 4 is 34.4 Å². The standard InChI is InChI=1S/C34H39ClN2O4/c1-20-22(3)37(19-26-17-28(14-15-30(26)35)41-23(4)33(39)40-8)31-16-11-25(18-29(20)31)32(38)36-21(2)24-9-12-27(13-10-24)34(5,6)7/h9-18,21,23H,19H2,1-8H3,(H,36,38). The van der Waals surface area contributed by atoms with Gasteiger partial charge in [0.1, 0.15) is 5.75 Å². The van der Waals surface area contributed by atoms with Crippen molar-refractivity contribution in [2.45, 2.75) is 72.6 Å². The number of nitrogens with one attached hydrogen (secondary N) is 1. The minimum atomic E-state index is -0.736. The molecule has 0 fully saturated rings. The molecule has 216 valence electrons. The van der Waals surface area contributed by atoms with Crippen LogP contribution in [0.4, 0.5) is 0 Å². The van der Waals surface area contributed by atoms with E-state index in [0.29, 0.717) is 22.9 Å². The van der Waals surface area contributed by atoms with E-state index < -0.39 is 12.1 Å². The molecule has 0 aliphatic heterocycles. The number of esters is 1. The summed E-state index contributed by atoms with van der Waals surface area (Å²) >= 11 is 6.57. The van der Waals surface area contributed by atoms with Crippen molar-refractivity contribution in [3.63, 3.8) is 0 Å². The van der Waals surface area contributed by atoms with E-state index in [2.05, 4.69) is 68.8 Å². The van der Waals surface area contributed by atoms with E-state index >= 15 is 0 Å². The maximum atomic E-state index is 13.3. The number of benzene rings is 3. The van der Waals surface area contributed by atoms with Gasteiger partial charge in [-0.3, -0.25) is 4.79 Å². The fourth-order valence-corrected chi connectivity index (χ4v) is 5.14. The number of ether oxygens (including phenoxy) is 2. The fourth-order valence-electron chi connectivity index (χ4n) is 4.96. The highest BCUT2D eigenvalue weighted by Crippen LogP contribution is 2.31. The first-order valence-corrected chi connectivity index (χ1v) is 14.2. The predicted molar refractivity (Wildman–Crippen MR) is 165 cm³/mol. The molecule has 0 aliphatic rings. The molecule has 3 aromatic carbocycles. The average molecular weight is 575 g/mol. The number of carbonyl (C=O) groups is 2. The van der Waals surface area contributed by atoms with Crippen LogP contribution in [-0.4, -0.2) is 29.7 Å². The number of nitrogens with zero attached hydrogens (tertiary/aromatic N) is 1. The first kappa shape index (κ1) is 30.2. The summed E-state index contributed by atoms with van der Waals surface area (Å²) in [6.07, 6.45) is -0.736. The molecule has 0 saturated carbocycles. The highest BCUT2D eigenvalue weighted by atomic mass is 35.5. The van der Waals surface area contributed by atoms with Crippen molar-refractivity contribution in [1.82, 2.24) is 9.88 Å². The third-order valence-electron chi connectivity index (χ3n) is 7.72. The fraction of sp³-hybridized carbons (Fsp3) is 0.353. The summed E-state index contributed by atoms with van der Waals surface area (Å²) < 4.78 is 12.7. The largest absolute Gasteiger partial charge is 0.479 e. The molecule has 1 aromatic heterocycles. The number of methoxy groups -OCH3 is 1. The van der Waals surface area contributed by atoms with Gasteiger partial charge in [-0.2, -0.15) is 0 Å². The highest BCUT2D eigenvalue weighted by Gasteiger charge is 2.19. The summed E-state index contributed by atoms with van der Waals surface area (Å²) in [7, 11) is 1.33. The number of rotatable bonds is 8. The summed E-state index contributed by atoms with van der Waals surface area (Å²) in [5.74, 6) is -0.0250. The molecule has 4 rings (SSSR count). The Balaban J connectivity index is 1.56. The van der Waals surface area contributed by atoms with Gasteiger partial charge in [-0.1, -0.05) is 56.6 Å². The van der Waals surface area contributed by atoms with Crippen molar-refractivity contribution < 1.29 is 19.1 Å². The Bertz CT molecular complexity index is 1580. The van der Waals surface area contributed by atoms with Gasteiger partial charge in [0, 0.05) is 33.7 Å². The van der Waals surface area contributed by atoms with Crippen LogP contribution in [0.2, 0.25) is 5.02 Å². The van der Waals surface area contributed by atoms with Gasteiger partial charge in [-0.15, -0.1) is 0 Å². The van der Waals surface area contributed by atoms with Crippen molar-refractivity contribution in [3.8, 4) is 5.75 Å². The number of hydrogen-bond acceptors (Lipinski definition) is 4. The van der Waals surface area contributed by atoms with E-state index in [1.807, 2.05) is 31.2 Å². The summed E-state index contributed by atoms with van der Waals surface area (Å²) in [4.78, 5) is 25.0. The van der Waals surface area contributed by atoms with Crippen LogP contribution >= 0.6 is 11.6 Å². The molecule has 0 bridgehead atoms. The number of halogens is 1. The average Bonchev–Trinajstić information content (AvgIpc) is 3.17. The molecule has 1 N–H and O–H groups in total. The zero-order valence-electron chi connectivity index (χ0n) is 25.1. The molecule has 2 unspecified atom stereocenters. The van der Waals surface area contributed by atoms with Gasteiger partial charge in [0.05, 0.1) is 13.2 Å². The normalized spacial score (nSPS) is 13.1. The molecule has 4 aromatic rings. The number of carbonyl (C=O) groups excluding carboxylic acids is 2. The highest BCUT2D eigenvalue weighted by molar-refractivity contribution is 6.31. The van der Waals surface area contributed by atoms with E-state index in [1.54, 1.807) is 19.1 Å². The van der Waals surface area contributed by atoms with E-state index in [1.165, 1.54) is 12.7 Å². The van der Waals surface area contributed by atoms with Gasteiger partial charge in [-0.25, -0.2) is 4.79 Å². The Morgan fingerprint density at radius 3 is 2.29 bits per heavy atom. The second-order valence-corrected chi connectivity index (χ2v) is 12.0. The van der Waals surface area contributed by atoms with E-state index in [0.717, 1.165) is 33.3 Å². The molecule has 0 radical (unpaired) electrons. The molecular weight excluding hydrogens is 536 g/mol. The molecule has 0 saturated heterocycles. The summed E-state index contributed by atoms with van der Waals surface area (Å²) in [6, 6.07) is 19.5. The van der Waals surface area contributed by atoms with Crippen LogP contribution in [0.5, 0.6) is 5.75 Å². The van der Waals surface area contributed by atoms with Gasteiger partial charge in [0.2, 0.25) is 0 Å². The number of fused-ring (bicyclic) bond motifs is 1. The van der Waals surface area contributed by atoms with E-state index in [9.17, 15) is 9.59 Å². The molecule has 7 heteroatoms. The lowest BCUT2D eigenvalue weighted by molar-refractivity contribution is -0.147. The lowest BCUT2D eigenvalue weighted by atomic mass is 9.86. The minimum Gasteiger partial charge on any atom is -0.479 e. The van der Waals surface area contributed by atoms with Crippen LogP contribution in [-0.2, 0) is 21.5 Å². The zero-order chi connectivity index (χ0) is 30.1. The van der Waals surface area contributed by atoms with Crippen molar-refractivity contribution in [2.75, 3.05) is 7.11 Å². The van der Waals surface area contributed by atoms with Crippen LogP contribution in [0.1, 0.15) is 79.0 Å². The monoisotopic (exact) mass is 574 g/mol. The first-order chi connectivity index (χ1) is 19.3. The Morgan fingerprint density at radius 2 is 1.66 bits per heavy atom. The van der Waals surface area contributed by atoms with Gasteiger partial charge in [-0.05, 0) is 91.8 Å². The Hall–Kier alpha value is -3.77. The first-order valence-electron chi connectivity index (χ1n) is 13.8. The minimum absolute atomic E-state index is 0.0812. The zero-order valence-corrected chi connectivity index (χ0v) is 25.8. The Labute approximate surface area is 247 Å². The SMILES string of the molecule is COC(=O)C(C)Oc1ccc(Cl)c(Cn2c(C)c(C)c3cc(C(=O)NC(C)c4ccc(C(C)(C)C)cc4)ccc32)c1. The summed E-state index contributed by atoms with van der Waals surface area (Å²) in [5, 5.41) is 4.76. The second kappa shape index (κ2) is 12.0. The van der Waals surface area contributed by atoms with Gasteiger partial charge in [0.25, 0.3) is 5.91 Å². The third-order valence-corrected chi connectivity index (χ3v) is 8.09. The smallest absolute Gasteiger partial charge is 0.346 e. The number of hydrogen-bond donors (Lipinski definition) is 1. The number of aromatic nitrogens is 1. The molecule has 1 heterocycles. The molecule has 0 aliphatic carbocycles. The van der Waals surface area contributed by atoms with Crippen molar-refractivity contribution in [3.05, 3.63) is 99.2 Å². The predicted octanol–water partition coefficient (Wildman–Crippen LogP) is 7.69. The molecule has 1 amide bonds. The van der Waals surface area contributed by atoms with Crippen LogP contribution < -0.4 is 10.1 Å². The van der Waals surface area contributed by atoms with Crippen LogP contribution in [0.3, 0.4) is 0 Å². The van der Waals surface area contributed by atoms with Crippen LogP contribution in [0.25, 0.3) is 10.9 Å². The maximum Gasteiger partial charge on any atom is 0.346 e. The molecule has 2 atom stereocenters. The number of amides is 1. The topological polar surface area (TPSA) is 69.6 Å². The van der Waals surface area contributed by atoms with Crippen LogP contribution in [0.15, 0.2) is 60.7 Å². The number of aryl methyl sites for hydroxylation is 1. The van der Waals surface area contributed by atoms with Gasteiger partial charge >= 0.3 is 5.97 Å². The lowest BCUT2D eigenvalue weighted by Gasteiger charge is -2.21. The lowest BCUT2D eigenvalue weighted by Crippen LogP contribution is -2.26. The summed E-state index contributed by atoms with van der Waals surface area (Å²) in [5.41, 5.74) is 7.06. The maximum absolute atomic E-state index is 13.3. The molecule has 6 nitrogen and oxygen atoms in total. The van der Waals surface area contributed by atoms with Gasteiger partial charge in [0.15, 0.2) is 6.10 Å². The van der Waals surface area contributed by atoms with Gasteiger partial charge < -0.3 is 19.4 Å². The summed E-state index contributed by atoms with van der Waals surface area (Å²) in [6.45, 7) is 14.8. The quantitative estimate of drug-likeness (QED) is 0.219. The van der Waals surface area contributed by atoms with Crippen LogP contribution in [0, 0.1) is 13.8 Å². The molecule has 41 heavy (non-hydrogen) atoms. The van der Waals surface area contributed by atoms with E-state index in [4.69, 9.17) is 21.1 Å². The third kappa shape index (κ3) is 6.59. The molecular formula is C34H39ClN2O4. The Morgan fingerprint density at radius 1 is 0.976 bits per heavy atom. The van der Waals surface area contributed by atoms with Crippen molar-refractivity contribution in [1.29, 1.82) is 0 Å².